The van der Waals surface area contributed by atoms with E-state index in [1.165, 1.54) is 0 Å². The van der Waals surface area contributed by atoms with Crippen molar-refractivity contribution < 1.29 is 4.42 Å². The Bertz CT molecular complexity index is 523. The highest BCUT2D eigenvalue weighted by Crippen LogP contribution is 2.24. The maximum Gasteiger partial charge on any atom is 0.208 e. The predicted molar refractivity (Wildman–Crippen MR) is 72.7 cm³/mol. The molecule has 98 valence electrons. The van der Waals surface area contributed by atoms with Gasteiger partial charge in [-0.1, -0.05) is 0 Å². The zero-order valence-electron chi connectivity index (χ0n) is 11.5. The Kier molecular flexibility index (Phi) is 3.54. The number of nitrogens with zero attached hydrogens (tertiary/aromatic N) is 2. The average molecular weight is 265 g/mol. The number of nitrogens with one attached hydrogen (secondary N) is 1. The Balaban J connectivity index is 2.05. The summed E-state index contributed by atoms with van der Waals surface area (Å²) in [4.78, 5) is 8.89. The van der Waals surface area contributed by atoms with Crippen LogP contribution in [0.15, 0.2) is 9.80 Å². The van der Waals surface area contributed by atoms with Gasteiger partial charge < -0.3 is 4.42 Å². The molecule has 0 amide bonds. The average Bonchev–Trinajstić information content (AvgIpc) is 2.85. The lowest BCUT2D eigenvalue weighted by Crippen LogP contribution is -2.36. The molecule has 0 saturated carbocycles. The summed E-state index contributed by atoms with van der Waals surface area (Å²) in [6.45, 7) is 10.7. The molecule has 1 N–H and O–H groups in total. The second-order valence-electron chi connectivity index (χ2n) is 5.02. The van der Waals surface area contributed by atoms with Crippen LogP contribution in [0, 0.1) is 20.8 Å². The van der Waals surface area contributed by atoms with Crippen LogP contribution < -0.4 is 5.32 Å². The zero-order chi connectivity index (χ0) is 13.3. The SMILES string of the molecule is Cc1csc(C(C)(C)NCc2nc(C)c(C)o2)n1. The molecule has 0 unspecified atom stereocenters. The Morgan fingerprint density at radius 2 is 2.00 bits per heavy atom. The smallest absolute Gasteiger partial charge is 0.208 e. The molecule has 2 heterocycles. The lowest BCUT2D eigenvalue weighted by Gasteiger charge is -2.22. The van der Waals surface area contributed by atoms with Gasteiger partial charge in [-0.2, -0.15) is 0 Å². The molecule has 2 aromatic heterocycles. The van der Waals surface area contributed by atoms with Crippen LogP contribution in [0.3, 0.4) is 0 Å². The van der Waals surface area contributed by atoms with E-state index in [4.69, 9.17) is 4.42 Å². The molecule has 0 radical (unpaired) electrons. The lowest BCUT2D eigenvalue weighted by molar-refractivity contribution is 0.359. The molecule has 0 fully saturated rings. The van der Waals surface area contributed by atoms with Gasteiger partial charge in [-0.3, -0.25) is 5.32 Å². The summed E-state index contributed by atoms with van der Waals surface area (Å²) in [5.74, 6) is 1.61. The summed E-state index contributed by atoms with van der Waals surface area (Å²) in [5.41, 5.74) is 1.84. The quantitative estimate of drug-likeness (QED) is 0.923. The maximum absolute atomic E-state index is 5.56. The first kappa shape index (κ1) is 13.2. The number of thiazole rings is 1. The normalized spacial score (nSPS) is 12.1. The molecular formula is C13H19N3OS. The molecule has 18 heavy (non-hydrogen) atoms. The van der Waals surface area contributed by atoms with E-state index in [0.717, 1.165) is 28.0 Å². The van der Waals surface area contributed by atoms with Crippen molar-refractivity contribution in [1.29, 1.82) is 0 Å². The number of aryl methyl sites for hydroxylation is 3. The van der Waals surface area contributed by atoms with Gasteiger partial charge in [0.05, 0.1) is 17.8 Å². The number of oxazole rings is 1. The summed E-state index contributed by atoms with van der Waals surface area (Å²) in [5, 5.41) is 6.59. The summed E-state index contributed by atoms with van der Waals surface area (Å²) in [6, 6.07) is 0. The Morgan fingerprint density at radius 3 is 2.50 bits per heavy atom. The molecule has 0 saturated heterocycles. The fraction of sp³-hybridized carbons (Fsp3) is 0.538. The van der Waals surface area contributed by atoms with Crippen molar-refractivity contribution in [3.8, 4) is 0 Å². The van der Waals surface area contributed by atoms with Gasteiger partial charge in [-0.05, 0) is 34.6 Å². The van der Waals surface area contributed by atoms with Crippen LogP contribution in [0.4, 0.5) is 0 Å². The predicted octanol–water partition coefficient (Wildman–Crippen LogP) is 3.08. The summed E-state index contributed by atoms with van der Waals surface area (Å²) >= 11 is 1.68. The first-order chi connectivity index (χ1) is 8.38. The van der Waals surface area contributed by atoms with E-state index < -0.39 is 0 Å². The molecule has 5 heteroatoms. The standard InChI is InChI=1S/C13H19N3OS/c1-8-7-18-12(15-8)13(4,5)14-6-11-16-9(2)10(3)17-11/h7,14H,6H2,1-5H3. The highest BCUT2D eigenvalue weighted by Gasteiger charge is 2.24. The van der Waals surface area contributed by atoms with Crippen molar-refractivity contribution >= 4 is 11.3 Å². The van der Waals surface area contributed by atoms with Gasteiger partial charge in [0, 0.05) is 11.1 Å². The van der Waals surface area contributed by atoms with Crippen molar-refractivity contribution in [2.24, 2.45) is 0 Å². The highest BCUT2D eigenvalue weighted by atomic mass is 32.1. The number of aromatic nitrogens is 2. The van der Waals surface area contributed by atoms with E-state index in [-0.39, 0.29) is 5.54 Å². The van der Waals surface area contributed by atoms with Crippen LogP contribution in [0.5, 0.6) is 0 Å². The second kappa shape index (κ2) is 4.82. The van der Waals surface area contributed by atoms with Gasteiger partial charge in [-0.15, -0.1) is 11.3 Å². The van der Waals surface area contributed by atoms with Crippen LogP contribution in [-0.2, 0) is 12.1 Å². The van der Waals surface area contributed by atoms with Crippen LogP contribution in [0.25, 0.3) is 0 Å². The Morgan fingerprint density at radius 1 is 1.28 bits per heavy atom. The third-order valence-electron chi connectivity index (χ3n) is 2.91. The first-order valence-electron chi connectivity index (χ1n) is 5.99. The van der Waals surface area contributed by atoms with Crippen molar-refractivity contribution in [1.82, 2.24) is 15.3 Å². The van der Waals surface area contributed by atoms with E-state index >= 15 is 0 Å². The van der Waals surface area contributed by atoms with E-state index in [1.807, 2.05) is 20.8 Å². The van der Waals surface area contributed by atoms with E-state index in [9.17, 15) is 0 Å². The van der Waals surface area contributed by atoms with Crippen molar-refractivity contribution in [3.05, 3.63) is 33.4 Å². The third kappa shape index (κ3) is 2.79. The van der Waals surface area contributed by atoms with Crippen molar-refractivity contribution in [2.75, 3.05) is 0 Å². The molecule has 2 aromatic rings. The second-order valence-corrected chi connectivity index (χ2v) is 5.88. The molecule has 0 spiro atoms. The lowest BCUT2D eigenvalue weighted by atomic mass is 10.1. The van der Waals surface area contributed by atoms with Gasteiger partial charge in [0.25, 0.3) is 0 Å². The van der Waals surface area contributed by atoms with Crippen LogP contribution in [0.1, 0.15) is 41.9 Å². The number of hydrogen-bond donors (Lipinski definition) is 1. The summed E-state index contributed by atoms with van der Waals surface area (Å²) in [6.07, 6.45) is 0. The first-order valence-corrected chi connectivity index (χ1v) is 6.87. The number of rotatable bonds is 4. The van der Waals surface area contributed by atoms with Crippen LogP contribution in [-0.4, -0.2) is 9.97 Å². The van der Waals surface area contributed by atoms with Crippen molar-refractivity contribution in [3.63, 3.8) is 0 Å². The minimum atomic E-state index is -0.171. The molecule has 2 rings (SSSR count). The van der Waals surface area contributed by atoms with Gasteiger partial charge in [-0.25, -0.2) is 9.97 Å². The minimum Gasteiger partial charge on any atom is -0.444 e. The maximum atomic E-state index is 5.56. The summed E-state index contributed by atoms with van der Waals surface area (Å²) < 4.78 is 5.56. The van der Waals surface area contributed by atoms with E-state index in [2.05, 4.69) is 34.5 Å². The molecule has 0 aliphatic rings. The Hall–Kier alpha value is -1.20. The number of hydrogen-bond acceptors (Lipinski definition) is 5. The minimum absolute atomic E-state index is 0.171. The molecule has 0 aliphatic carbocycles. The molecule has 4 nitrogen and oxygen atoms in total. The largest absolute Gasteiger partial charge is 0.444 e. The topological polar surface area (TPSA) is 51.0 Å². The summed E-state index contributed by atoms with van der Waals surface area (Å²) in [7, 11) is 0. The molecule has 0 aromatic carbocycles. The highest BCUT2D eigenvalue weighted by molar-refractivity contribution is 7.09. The van der Waals surface area contributed by atoms with E-state index in [1.54, 1.807) is 11.3 Å². The Labute approximate surface area is 111 Å². The molecule has 0 bridgehead atoms. The van der Waals surface area contributed by atoms with Gasteiger partial charge in [0.2, 0.25) is 5.89 Å². The fourth-order valence-corrected chi connectivity index (χ4v) is 2.53. The van der Waals surface area contributed by atoms with Gasteiger partial charge >= 0.3 is 0 Å². The molecule has 0 aliphatic heterocycles. The van der Waals surface area contributed by atoms with Crippen molar-refractivity contribution in [2.45, 2.75) is 46.7 Å². The zero-order valence-corrected chi connectivity index (χ0v) is 12.3. The monoisotopic (exact) mass is 265 g/mol. The third-order valence-corrected chi connectivity index (χ3v) is 4.19. The van der Waals surface area contributed by atoms with Gasteiger partial charge in [0.15, 0.2) is 0 Å². The van der Waals surface area contributed by atoms with Crippen LogP contribution >= 0.6 is 11.3 Å². The fourth-order valence-electron chi connectivity index (χ4n) is 1.63. The van der Waals surface area contributed by atoms with E-state index in [0.29, 0.717) is 6.54 Å². The van der Waals surface area contributed by atoms with Gasteiger partial charge in [0.1, 0.15) is 10.8 Å². The molecular weight excluding hydrogens is 246 g/mol. The molecule has 0 atom stereocenters. The van der Waals surface area contributed by atoms with Crippen LogP contribution in [0.2, 0.25) is 0 Å².